The van der Waals surface area contributed by atoms with Gasteiger partial charge in [-0.05, 0) is 38.5 Å². The predicted octanol–water partition coefficient (Wildman–Crippen LogP) is 7.49. The minimum Gasteiger partial charge on any atom is -0.480 e. The maximum atomic E-state index is 12.4. The second-order valence-corrected chi connectivity index (χ2v) is 12.4. The van der Waals surface area contributed by atoms with E-state index in [-0.39, 0.29) is 19.4 Å². The highest BCUT2D eigenvalue weighted by Gasteiger charge is 2.28. The van der Waals surface area contributed by atoms with Crippen LogP contribution in [-0.2, 0) is 37.5 Å². The van der Waals surface area contributed by atoms with Crippen LogP contribution < -0.4 is 5.73 Å². The van der Waals surface area contributed by atoms with Gasteiger partial charge in [-0.1, -0.05) is 114 Å². The van der Waals surface area contributed by atoms with Gasteiger partial charge in [0.05, 0.1) is 13.2 Å². The van der Waals surface area contributed by atoms with E-state index in [2.05, 4.69) is 48.8 Å². The summed E-state index contributed by atoms with van der Waals surface area (Å²) in [4.78, 5) is 45.4. The van der Waals surface area contributed by atoms with Gasteiger partial charge in [-0.25, -0.2) is 4.57 Å². The molecule has 0 bridgehead atoms. The van der Waals surface area contributed by atoms with Crippen molar-refractivity contribution in [1.29, 1.82) is 0 Å². The van der Waals surface area contributed by atoms with E-state index in [4.69, 9.17) is 24.8 Å². The number of carboxylic acids is 1. The van der Waals surface area contributed by atoms with E-state index in [9.17, 15) is 23.8 Å². The van der Waals surface area contributed by atoms with Crippen molar-refractivity contribution in [2.75, 3.05) is 19.8 Å². The predicted molar refractivity (Wildman–Crippen MR) is 180 cm³/mol. The van der Waals surface area contributed by atoms with Crippen LogP contribution in [0.4, 0.5) is 0 Å². The lowest BCUT2D eigenvalue weighted by Gasteiger charge is -2.20. The van der Waals surface area contributed by atoms with Gasteiger partial charge in [0.1, 0.15) is 12.6 Å². The van der Waals surface area contributed by atoms with Crippen LogP contribution in [0.3, 0.4) is 0 Å². The molecule has 0 aliphatic rings. The molecule has 3 atom stereocenters. The molecule has 0 aromatic carbocycles. The molecule has 0 aliphatic carbocycles. The number of esters is 2. The topological polar surface area (TPSA) is 172 Å². The van der Waals surface area contributed by atoms with Crippen molar-refractivity contribution in [2.24, 2.45) is 5.73 Å². The summed E-state index contributed by atoms with van der Waals surface area (Å²) in [6.45, 7) is 2.53. The van der Waals surface area contributed by atoms with E-state index in [0.29, 0.717) is 12.8 Å². The number of nitrogens with two attached hydrogens (primary N) is 1. The van der Waals surface area contributed by atoms with Gasteiger partial charge in [0.25, 0.3) is 0 Å². The molecular formula is C34H58NO10P. The lowest BCUT2D eigenvalue weighted by Crippen LogP contribution is -2.34. The lowest BCUT2D eigenvalue weighted by atomic mass is 10.1. The molecule has 0 rings (SSSR count). The zero-order valence-corrected chi connectivity index (χ0v) is 28.8. The number of allylic oxidation sites excluding steroid dienone is 8. The first-order valence-electron chi connectivity index (χ1n) is 16.7. The van der Waals surface area contributed by atoms with Crippen molar-refractivity contribution in [1.82, 2.24) is 0 Å². The summed E-state index contributed by atoms with van der Waals surface area (Å²) in [6, 6.07) is -1.53. The molecule has 0 heterocycles. The fraction of sp³-hybridized carbons (Fsp3) is 0.676. The van der Waals surface area contributed by atoms with Gasteiger partial charge >= 0.3 is 25.7 Å². The molecular weight excluding hydrogens is 613 g/mol. The summed E-state index contributed by atoms with van der Waals surface area (Å²) in [6.07, 6.45) is 29.4. The Hall–Kier alpha value is -2.56. The van der Waals surface area contributed by atoms with Crippen LogP contribution in [0.1, 0.15) is 117 Å². The molecule has 12 heteroatoms. The molecule has 0 amide bonds. The van der Waals surface area contributed by atoms with E-state index >= 15 is 0 Å². The average Bonchev–Trinajstić information content (AvgIpc) is 3.02. The van der Waals surface area contributed by atoms with E-state index in [1.54, 1.807) is 0 Å². The minimum absolute atomic E-state index is 0.0396. The summed E-state index contributed by atoms with van der Waals surface area (Å²) >= 11 is 0. The second kappa shape index (κ2) is 29.8. The molecule has 0 saturated carbocycles. The molecule has 0 aliphatic heterocycles. The Bertz CT molecular complexity index is 979. The lowest BCUT2D eigenvalue weighted by molar-refractivity contribution is -0.161. The second-order valence-electron chi connectivity index (χ2n) is 10.9. The van der Waals surface area contributed by atoms with Crippen LogP contribution in [0, 0.1) is 0 Å². The van der Waals surface area contributed by atoms with E-state index < -0.39 is 51.1 Å². The number of aliphatic carboxylic acids is 1. The quantitative estimate of drug-likeness (QED) is 0.0299. The number of phosphoric ester groups is 1. The summed E-state index contributed by atoms with van der Waals surface area (Å²) in [5.41, 5.74) is 5.29. The number of carboxylic acid groups (broad SMARTS) is 1. The Morgan fingerprint density at radius 3 is 1.78 bits per heavy atom. The number of unbranched alkanes of at least 4 members (excludes halogenated alkanes) is 8. The highest BCUT2D eigenvalue weighted by Crippen LogP contribution is 2.43. The fourth-order valence-corrected chi connectivity index (χ4v) is 4.74. The van der Waals surface area contributed by atoms with Crippen LogP contribution in [0.5, 0.6) is 0 Å². The zero-order valence-electron chi connectivity index (χ0n) is 27.9. The molecule has 0 radical (unpaired) electrons. The Labute approximate surface area is 275 Å². The van der Waals surface area contributed by atoms with Crippen molar-refractivity contribution in [2.45, 2.75) is 129 Å². The number of hydrogen-bond donors (Lipinski definition) is 3. The van der Waals surface area contributed by atoms with Crippen LogP contribution in [0.2, 0.25) is 0 Å². The fourth-order valence-electron chi connectivity index (χ4n) is 3.96. The number of carbonyl (C=O) groups is 3. The zero-order chi connectivity index (χ0) is 34.3. The van der Waals surface area contributed by atoms with Gasteiger partial charge in [-0.3, -0.25) is 23.4 Å². The van der Waals surface area contributed by atoms with Crippen LogP contribution >= 0.6 is 7.82 Å². The maximum absolute atomic E-state index is 12.4. The number of ether oxygens (including phenoxy) is 2. The van der Waals surface area contributed by atoms with E-state index in [1.807, 2.05) is 18.2 Å². The molecule has 0 aromatic rings. The Kier molecular flexibility index (Phi) is 28.2. The highest BCUT2D eigenvalue weighted by molar-refractivity contribution is 7.47. The maximum Gasteiger partial charge on any atom is 0.472 e. The summed E-state index contributed by atoms with van der Waals surface area (Å²) in [5.74, 6) is -2.49. The van der Waals surface area contributed by atoms with Gasteiger partial charge in [-0.15, -0.1) is 0 Å². The smallest absolute Gasteiger partial charge is 0.472 e. The van der Waals surface area contributed by atoms with E-state index in [1.165, 1.54) is 32.1 Å². The largest absolute Gasteiger partial charge is 0.480 e. The first-order chi connectivity index (χ1) is 22.1. The van der Waals surface area contributed by atoms with Gasteiger partial charge < -0.3 is 25.2 Å². The SMILES string of the molecule is CC/C=C\C/C=C\C/C=C\C/C=C\CCC(=O)OC(COC(=O)CCCCCCCCCCC)COP(=O)(O)OCC(N)C(=O)O. The Morgan fingerprint density at radius 1 is 0.696 bits per heavy atom. The molecule has 0 aromatic heterocycles. The summed E-state index contributed by atoms with van der Waals surface area (Å²) < 4.78 is 32.3. The normalized spacial score (nSPS) is 14.7. The average molecular weight is 672 g/mol. The molecule has 0 saturated heterocycles. The molecule has 4 N–H and O–H groups in total. The first-order valence-corrected chi connectivity index (χ1v) is 18.2. The monoisotopic (exact) mass is 671 g/mol. The van der Waals surface area contributed by atoms with Gasteiger partial charge in [0.2, 0.25) is 0 Å². The molecule has 3 unspecified atom stereocenters. The molecule has 264 valence electrons. The molecule has 0 fully saturated rings. The molecule has 46 heavy (non-hydrogen) atoms. The van der Waals surface area contributed by atoms with Gasteiger partial charge in [0.15, 0.2) is 6.10 Å². The first kappa shape index (κ1) is 43.4. The van der Waals surface area contributed by atoms with Crippen molar-refractivity contribution in [3.63, 3.8) is 0 Å². The van der Waals surface area contributed by atoms with Crippen molar-refractivity contribution in [3.8, 4) is 0 Å². The Morgan fingerprint density at radius 2 is 1.22 bits per heavy atom. The van der Waals surface area contributed by atoms with Crippen LogP contribution in [0.25, 0.3) is 0 Å². The van der Waals surface area contributed by atoms with Gasteiger partial charge in [-0.2, -0.15) is 0 Å². The number of phosphoric acid groups is 1. The van der Waals surface area contributed by atoms with Crippen molar-refractivity contribution in [3.05, 3.63) is 48.6 Å². The third-order valence-corrected chi connectivity index (χ3v) is 7.56. The highest BCUT2D eigenvalue weighted by atomic mass is 31.2. The number of rotatable bonds is 30. The summed E-state index contributed by atoms with van der Waals surface area (Å²) in [5, 5.41) is 8.82. The Balaban J connectivity index is 4.66. The van der Waals surface area contributed by atoms with Crippen LogP contribution in [0.15, 0.2) is 48.6 Å². The standard InChI is InChI=1S/C34H58NO10P/c1-3-5-7-9-11-13-14-15-16-18-20-22-24-26-33(37)45-30(28-43-46(40,41)44-29-31(35)34(38)39)27-42-32(36)25-23-21-19-17-12-10-8-6-4-2/h5,7,11,13,15-16,20,22,30-31H,3-4,6,8-10,12,14,17-19,21,23-29,35H2,1-2H3,(H,38,39)(H,40,41)/b7-5-,13-11-,16-15-,22-20-. The van der Waals surface area contributed by atoms with Crippen molar-refractivity contribution >= 4 is 25.7 Å². The molecule has 11 nitrogen and oxygen atoms in total. The van der Waals surface area contributed by atoms with Crippen molar-refractivity contribution < 1.29 is 47.5 Å². The molecule has 0 spiro atoms. The summed E-state index contributed by atoms with van der Waals surface area (Å²) in [7, 11) is -4.72. The van der Waals surface area contributed by atoms with Gasteiger partial charge in [0, 0.05) is 12.8 Å². The van der Waals surface area contributed by atoms with Crippen LogP contribution in [-0.4, -0.2) is 59.9 Å². The number of hydrogen-bond acceptors (Lipinski definition) is 9. The minimum atomic E-state index is -4.72. The number of carbonyl (C=O) groups excluding carboxylic acids is 2. The third-order valence-electron chi connectivity index (χ3n) is 6.60. The third kappa shape index (κ3) is 28.9. The van der Waals surface area contributed by atoms with E-state index in [0.717, 1.165) is 44.9 Å².